The minimum Gasteiger partial charge on any atom is -0.493 e. The number of β-amino-alcohol motifs (C(OH)–C–C–N with tert-alkyl or cyclic N) is 1. The number of amides is 2. The molecule has 2 aromatic rings. The molecule has 160 valence electrons. The van der Waals surface area contributed by atoms with Crippen LogP contribution in [0.25, 0.3) is 0 Å². The molecule has 0 aliphatic carbocycles. The van der Waals surface area contributed by atoms with Crippen molar-refractivity contribution >= 4 is 17.5 Å². The second-order valence-corrected chi connectivity index (χ2v) is 7.38. The van der Waals surface area contributed by atoms with Crippen LogP contribution in [-0.2, 0) is 6.42 Å². The van der Waals surface area contributed by atoms with Crippen LogP contribution in [0.4, 0.5) is 5.69 Å². The van der Waals surface area contributed by atoms with Crippen LogP contribution in [0, 0.1) is 0 Å². The maximum absolute atomic E-state index is 12.8. The van der Waals surface area contributed by atoms with Crippen molar-refractivity contribution in [3.8, 4) is 11.5 Å². The van der Waals surface area contributed by atoms with Crippen molar-refractivity contribution < 1.29 is 24.2 Å². The predicted molar refractivity (Wildman–Crippen MR) is 114 cm³/mol. The van der Waals surface area contributed by atoms with Crippen LogP contribution in [0.1, 0.15) is 46.0 Å². The quantitative estimate of drug-likeness (QED) is 0.696. The number of aliphatic hydroxyl groups is 1. The number of rotatable bonds is 8. The van der Waals surface area contributed by atoms with Crippen LogP contribution >= 0.6 is 0 Å². The molecule has 7 heteroatoms. The monoisotopic (exact) mass is 412 g/mol. The number of ether oxygens (including phenoxy) is 2. The second kappa shape index (κ2) is 9.63. The first-order chi connectivity index (χ1) is 14.5. The fourth-order valence-corrected chi connectivity index (χ4v) is 3.38. The number of likely N-dealkylation sites (tertiary alicyclic amines) is 1. The van der Waals surface area contributed by atoms with E-state index in [0.717, 1.165) is 19.3 Å². The summed E-state index contributed by atoms with van der Waals surface area (Å²) in [6, 6.07) is 10.6. The summed E-state index contributed by atoms with van der Waals surface area (Å²) in [7, 11) is 2.95. The Hall–Kier alpha value is -3.06. The van der Waals surface area contributed by atoms with Gasteiger partial charge in [0.2, 0.25) is 0 Å². The summed E-state index contributed by atoms with van der Waals surface area (Å²) in [5.74, 6) is 0.138. The van der Waals surface area contributed by atoms with Gasteiger partial charge in [0.25, 0.3) is 11.8 Å². The van der Waals surface area contributed by atoms with Gasteiger partial charge in [0.15, 0.2) is 11.5 Å². The van der Waals surface area contributed by atoms with Crippen LogP contribution in [-0.4, -0.2) is 55.2 Å². The van der Waals surface area contributed by atoms with Gasteiger partial charge in [-0.3, -0.25) is 9.59 Å². The summed E-state index contributed by atoms with van der Waals surface area (Å²) in [4.78, 5) is 27.0. The van der Waals surface area contributed by atoms with Gasteiger partial charge >= 0.3 is 0 Å². The van der Waals surface area contributed by atoms with Gasteiger partial charge in [-0.15, -0.1) is 0 Å². The van der Waals surface area contributed by atoms with Crippen LogP contribution in [0.5, 0.6) is 11.5 Å². The van der Waals surface area contributed by atoms with Gasteiger partial charge in [0, 0.05) is 24.2 Å². The Morgan fingerprint density at radius 3 is 2.37 bits per heavy atom. The first kappa shape index (κ1) is 21.6. The van der Waals surface area contributed by atoms with E-state index in [9.17, 15) is 14.7 Å². The molecule has 3 rings (SSSR count). The van der Waals surface area contributed by atoms with E-state index in [1.54, 1.807) is 24.3 Å². The molecule has 1 aliphatic rings. The number of benzene rings is 2. The van der Waals surface area contributed by atoms with Crippen LogP contribution in [0.3, 0.4) is 0 Å². The Labute approximate surface area is 176 Å². The molecule has 0 bridgehead atoms. The van der Waals surface area contributed by atoms with E-state index in [2.05, 4.69) is 12.2 Å². The van der Waals surface area contributed by atoms with Crippen molar-refractivity contribution in [3.63, 3.8) is 0 Å². The third-order valence-electron chi connectivity index (χ3n) is 5.16. The number of carbonyl (C=O) groups excluding carboxylic acids is 2. The average Bonchev–Trinajstić information content (AvgIpc) is 2.74. The number of carbonyl (C=O) groups is 2. The smallest absolute Gasteiger partial charge is 0.255 e. The fourth-order valence-electron chi connectivity index (χ4n) is 3.38. The van der Waals surface area contributed by atoms with Gasteiger partial charge in [-0.05, 0) is 42.7 Å². The number of nitrogens with one attached hydrogen (secondary N) is 1. The molecule has 0 spiro atoms. The molecule has 0 aromatic heterocycles. The van der Waals surface area contributed by atoms with Gasteiger partial charge in [-0.25, -0.2) is 0 Å². The molecule has 0 radical (unpaired) electrons. The van der Waals surface area contributed by atoms with Gasteiger partial charge in [-0.1, -0.05) is 25.5 Å². The van der Waals surface area contributed by atoms with E-state index in [-0.39, 0.29) is 11.8 Å². The van der Waals surface area contributed by atoms with E-state index in [0.29, 0.717) is 41.4 Å². The van der Waals surface area contributed by atoms with Crippen molar-refractivity contribution in [2.45, 2.75) is 32.3 Å². The van der Waals surface area contributed by atoms with E-state index in [1.807, 2.05) is 12.1 Å². The molecule has 30 heavy (non-hydrogen) atoms. The molecule has 2 aromatic carbocycles. The topological polar surface area (TPSA) is 88.1 Å². The van der Waals surface area contributed by atoms with E-state index in [4.69, 9.17) is 9.47 Å². The standard InChI is InChI=1S/C23H28N2O5/c1-4-5-6-15-7-9-16(10-8-15)22(27)24-19-11-17(12-20(29-2)21(19)30-3)23(28)25-13-18(26)14-25/h7-12,18,26H,4-6,13-14H2,1-3H3,(H,24,27). The lowest BCUT2D eigenvalue weighted by atomic mass is 10.1. The molecule has 1 saturated heterocycles. The van der Waals surface area contributed by atoms with Crippen LogP contribution in [0.2, 0.25) is 0 Å². The molecule has 1 heterocycles. The molecule has 2 amide bonds. The maximum atomic E-state index is 12.8. The van der Waals surface area contributed by atoms with Crippen LogP contribution in [0.15, 0.2) is 36.4 Å². The molecule has 7 nitrogen and oxygen atoms in total. The molecule has 0 atom stereocenters. The summed E-state index contributed by atoms with van der Waals surface area (Å²) >= 11 is 0. The van der Waals surface area contributed by atoms with Crippen molar-refractivity contribution in [1.29, 1.82) is 0 Å². The SMILES string of the molecule is CCCCc1ccc(C(=O)Nc2cc(C(=O)N3CC(O)C3)cc(OC)c2OC)cc1. The number of hydrogen-bond acceptors (Lipinski definition) is 5. The third kappa shape index (κ3) is 4.74. The first-order valence-electron chi connectivity index (χ1n) is 10.1. The van der Waals surface area contributed by atoms with E-state index >= 15 is 0 Å². The summed E-state index contributed by atoms with van der Waals surface area (Å²) in [5, 5.41) is 12.3. The third-order valence-corrected chi connectivity index (χ3v) is 5.16. The van der Waals surface area contributed by atoms with Crippen molar-refractivity contribution in [2.24, 2.45) is 0 Å². The molecule has 0 saturated carbocycles. The average molecular weight is 412 g/mol. The zero-order chi connectivity index (χ0) is 21.7. The minimum atomic E-state index is -0.492. The Kier molecular flexibility index (Phi) is 6.95. The molecule has 0 unspecified atom stereocenters. The largest absolute Gasteiger partial charge is 0.493 e. The minimum absolute atomic E-state index is 0.239. The lowest BCUT2D eigenvalue weighted by Gasteiger charge is -2.36. The highest BCUT2D eigenvalue weighted by Crippen LogP contribution is 2.37. The number of unbranched alkanes of at least 4 members (excludes halogenated alkanes) is 1. The van der Waals surface area contributed by atoms with Gasteiger partial charge < -0.3 is 24.8 Å². The lowest BCUT2D eigenvalue weighted by molar-refractivity contribution is 0.00588. The molecular formula is C23H28N2O5. The number of hydrogen-bond donors (Lipinski definition) is 2. The maximum Gasteiger partial charge on any atom is 0.255 e. The summed E-state index contributed by atoms with van der Waals surface area (Å²) in [5.41, 5.74) is 2.40. The Bertz CT molecular complexity index is 905. The van der Waals surface area contributed by atoms with Crippen LogP contribution < -0.4 is 14.8 Å². The highest BCUT2D eigenvalue weighted by molar-refractivity contribution is 6.06. The van der Waals surface area contributed by atoms with E-state index in [1.165, 1.54) is 24.7 Å². The Morgan fingerprint density at radius 1 is 1.10 bits per heavy atom. The van der Waals surface area contributed by atoms with Gasteiger partial charge in [0.05, 0.1) is 26.0 Å². The van der Waals surface area contributed by atoms with Crippen molar-refractivity contribution in [2.75, 3.05) is 32.6 Å². The Balaban J connectivity index is 1.83. The summed E-state index contributed by atoms with van der Waals surface area (Å²) in [6.45, 7) is 2.73. The first-order valence-corrected chi connectivity index (χ1v) is 10.1. The van der Waals surface area contributed by atoms with Gasteiger partial charge in [0.1, 0.15) is 0 Å². The number of anilines is 1. The number of aryl methyl sites for hydroxylation is 1. The highest BCUT2D eigenvalue weighted by Gasteiger charge is 2.30. The Morgan fingerprint density at radius 2 is 1.80 bits per heavy atom. The van der Waals surface area contributed by atoms with Crippen molar-refractivity contribution in [3.05, 3.63) is 53.1 Å². The molecule has 1 fully saturated rings. The number of nitrogens with zero attached hydrogens (tertiary/aromatic N) is 1. The van der Waals surface area contributed by atoms with Crippen molar-refractivity contribution in [1.82, 2.24) is 4.90 Å². The summed E-state index contributed by atoms with van der Waals surface area (Å²) < 4.78 is 10.8. The predicted octanol–water partition coefficient (Wildman–Crippen LogP) is 3.12. The lowest BCUT2D eigenvalue weighted by Crippen LogP contribution is -2.53. The van der Waals surface area contributed by atoms with Gasteiger partial charge in [-0.2, -0.15) is 0 Å². The number of aliphatic hydroxyl groups excluding tert-OH is 1. The zero-order valence-corrected chi connectivity index (χ0v) is 17.6. The fraction of sp³-hybridized carbons (Fsp3) is 0.391. The second-order valence-electron chi connectivity index (χ2n) is 7.38. The number of methoxy groups -OCH3 is 2. The normalized spacial score (nSPS) is 13.5. The summed E-state index contributed by atoms with van der Waals surface area (Å²) in [6.07, 6.45) is 2.72. The van der Waals surface area contributed by atoms with E-state index < -0.39 is 6.10 Å². The molecule has 1 aliphatic heterocycles. The zero-order valence-electron chi connectivity index (χ0n) is 17.6. The highest BCUT2D eigenvalue weighted by atomic mass is 16.5. The molecular weight excluding hydrogens is 384 g/mol. The molecule has 2 N–H and O–H groups in total.